The summed E-state index contributed by atoms with van der Waals surface area (Å²) in [6.45, 7) is 1.13. The van der Waals surface area contributed by atoms with Crippen LogP contribution in [-0.4, -0.2) is 43.8 Å². The standard InChI is InChI=1S/C43H43Cl2N3O5S/c1-31-20-26-37(27-21-31)54(51,52)48(34-22-24-36(25-23-34)53-35-16-9-4-10-17-35)30-42(49)47(29-38-39(44)18-11-19-40(38)45)41(28-32-12-5-2-6-13-32)43(50)46-33-14-7-3-8-15-33/h2,4-6,9-13,16-27,33,41H,3,7-8,14-15,28-30H2,1H3,(H,46,50)/t41-/m1/s1. The van der Waals surface area contributed by atoms with E-state index in [9.17, 15) is 18.0 Å². The van der Waals surface area contributed by atoms with Crippen molar-refractivity contribution < 1.29 is 22.7 Å². The van der Waals surface area contributed by atoms with Gasteiger partial charge in [0.15, 0.2) is 0 Å². The molecule has 5 aromatic carbocycles. The van der Waals surface area contributed by atoms with Gasteiger partial charge in [-0.25, -0.2) is 8.42 Å². The highest BCUT2D eigenvalue weighted by atomic mass is 35.5. The number of para-hydroxylation sites is 1. The van der Waals surface area contributed by atoms with Gasteiger partial charge in [0.1, 0.15) is 24.1 Å². The number of amides is 2. The maximum Gasteiger partial charge on any atom is 0.264 e. The predicted octanol–water partition coefficient (Wildman–Crippen LogP) is 9.38. The maximum atomic E-state index is 15.0. The second-order valence-corrected chi connectivity index (χ2v) is 16.2. The lowest BCUT2D eigenvalue weighted by Gasteiger charge is -2.35. The van der Waals surface area contributed by atoms with Crippen molar-refractivity contribution in [2.45, 2.75) is 69.0 Å². The fraction of sp³-hybridized carbons (Fsp3) is 0.256. The molecule has 0 spiro atoms. The van der Waals surface area contributed by atoms with E-state index in [0.717, 1.165) is 47.5 Å². The first-order valence-corrected chi connectivity index (χ1v) is 20.3. The Labute approximate surface area is 327 Å². The highest BCUT2D eigenvalue weighted by Gasteiger charge is 2.36. The number of halogens is 2. The van der Waals surface area contributed by atoms with E-state index in [-0.39, 0.29) is 35.5 Å². The SMILES string of the molecule is Cc1ccc(S(=O)(=O)N(CC(=O)N(Cc2c(Cl)cccc2Cl)[C@H](Cc2ccccc2)C(=O)NC2CCCCC2)c2ccc(Oc3ccccc3)cc2)cc1. The molecule has 1 aliphatic rings. The van der Waals surface area contributed by atoms with Crippen molar-refractivity contribution in [2.24, 2.45) is 0 Å². The summed E-state index contributed by atoms with van der Waals surface area (Å²) in [7, 11) is -4.30. The number of ether oxygens (including phenoxy) is 1. The van der Waals surface area contributed by atoms with Gasteiger partial charge in [-0.3, -0.25) is 13.9 Å². The molecule has 2 amide bonds. The van der Waals surface area contributed by atoms with E-state index in [1.165, 1.54) is 17.0 Å². The Bertz CT molecular complexity index is 2110. The van der Waals surface area contributed by atoms with Crippen LogP contribution in [0.2, 0.25) is 10.0 Å². The minimum Gasteiger partial charge on any atom is -0.457 e. The number of nitrogens with one attached hydrogen (secondary N) is 1. The lowest BCUT2D eigenvalue weighted by atomic mass is 9.94. The van der Waals surface area contributed by atoms with Gasteiger partial charge in [-0.15, -0.1) is 0 Å². The van der Waals surface area contributed by atoms with Crippen LogP contribution in [0, 0.1) is 6.92 Å². The molecule has 0 saturated heterocycles. The molecule has 0 aromatic heterocycles. The van der Waals surface area contributed by atoms with Crippen molar-refractivity contribution in [2.75, 3.05) is 10.8 Å². The number of carbonyl (C=O) groups is 2. The molecule has 0 aliphatic heterocycles. The highest BCUT2D eigenvalue weighted by molar-refractivity contribution is 7.92. The maximum absolute atomic E-state index is 15.0. The minimum absolute atomic E-state index is 0.0158. The van der Waals surface area contributed by atoms with E-state index in [1.54, 1.807) is 54.6 Å². The number of nitrogens with zero attached hydrogens (tertiary/aromatic N) is 2. The molecule has 0 radical (unpaired) electrons. The summed E-state index contributed by atoms with van der Waals surface area (Å²) in [4.78, 5) is 30.8. The van der Waals surface area contributed by atoms with E-state index < -0.39 is 28.5 Å². The average Bonchev–Trinajstić information content (AvgIpc) is 3.18. The van der Waals surface area contributed by atoms with E-state index in [4.69, 9.17) is 27.9 Å². The zero-order valence-electron chi connectivity index (χ0n) is 30.0. The lowest BCUT2D eigenvalue weighted by Crippen LogP contribution is -2.55. The van der Waals surface area contributed by atoms with Gasteiger partial charge >= 0.3 is 0 Å². The van der Waals surface area contributed by atoms with Crippen LogP contribution in [0.4, 0.5) is 5.69 Å². The fourth-order valence-electron chi connectivity index (χ4n) is 6.62. The Balaban J connectivity index is 1.41. The molecule has 0 bridgehead atoms. The molecule has 0 unspecified atom stereocenters. The number of carbonyl (C=O) groups excluding carboxylic acids is 2. The average molecular weight is 785 g/mol. The smallest absolute Gasteiger partial charge is 0.264 e. The number of aryl methyl sites for hydroxylation is 1. The van der Waals surface area contributed by atoms with Gasteiger partial charge in [-0.05, 0) is 86.0 Å². The summed E-state index contributed by atoms with van der Waals surface area (Å²) in [5, 5.41) is 3.86. The molecule has 11 heteroatoms. The summed E-state index contributed by atoms with van der Waals surface area (Å²) in [6.07, 6.45) is 5.01. The molecule has 1 aliphatic carbocycles. The van der Waals surface area contributed by atoms with Gasteiger partial charge in [0.2, 0.25) is 11.8 Å². The third-order valence-electron chi connectivity index (χ3n) is 9.60. The number of anilines is 1. The van der Waals surface area contributed by atoms with Gasteiger partial charge in [-0.1, -0.05) is 115 Å². The van der Waals surface area contributed by atoms with Crippen molar-refractivity contribution in [1.29, 1.82) is 0 Å². The normalized spacial score (nSPS) is 13.8. The van der Waals surface area contributed by atoms with Crippen LogP contribution >= 0.6 is 23.2 Å². The molecular formula is C43H43Cl2N3O5S. The first-order valence-electron chi connectivity index (χ1n) is 18.1. The Kier molecular flexibility index (Phi) is 13.0. The molecule has 1 atom stereocenters. The van der Waals surface area contributed by atoms with Crippen molar-refractivity contribution in [3.63, 3.8) is 0 Å². The Morgan fingerprint density at radius 1 is 0.759 bits per heavy atom. The van der Waals surface area contributed by atoms with Crippen molar-refractivity contribution in [3.05, 3.63) is 154 Å². The molecular weight excluding hydrogens is 741 g/mol. The second-order valence-electron chi connectivity index (χ2n) is 13.5. The monoisotopic (exact) mass is 783 g/mol. The van der Waals surface area contributed by atoms with Crippen LogP contribution in [0.5, 0.6) is 11.5 Å². The van der Waals surface area contributed by atoms with Crippen molar-refractivity contribution in [1.82, 2.24) is 10.2 Å². The lowest BCUT2D eigenvalue weighted by molar-refractivity contribution is -0.140. The van der Waals surface area contributed by atoms with Crippen LogP contribution in [0.1, 0.15) is 48.8 Å². The first-order chi connectivity index (χ1) is 26.1. The van der Waals surface area contributed by atoms with E-state index >= 15 is 0 Å². The molecule has 6 rings (SSSR count). The van der Waals surface area contributed by atoms with Crippen LogP contribution in [0.15, 0.2) is 132 Å². The summed E-state index contributed by atoms with van der Waals surface area (Å²) >= 11 is 13.4. The van der Waals surface area contributed by atoms with E-state index in [1.807, 2.05) is 67.6 Å². The fourth-order valence-corrected chi connectivity index (χ4v) is 8.55. The number of hydrogen-bond donors (Lipinski definition) is 1. The van der Waals surface area contributed by atoms with Crippen LogP contribution < -0.4 is 14.4 Å². The van der Waals surface area contributed by atoms with Crippen molar-refractivity contribution >= 4 is 50.7 Å². The summed E-state index contributed by atoms with van der Waals surface area (Å²) in [5.41, 5.74) is 2.41. The molecule has 1 fully saturated rings. The Morgan fingerprint density at radius 3 is 1.98 bits per heavy atom. The largest absolute Gasteiger partial charge is 0.457 e. The first kappa shape index (κ1) is 38.9. The molecule has 0 heterocycles. The van der Waals surface area contributed by atoms with Gasteiger partial charge in [0, 0.05) is 34.6 Å². The molecule has 280 valence electrons. The van der Waals surface area contributed by atoms with Gasteiger partial charge in [0.05, 0.1) is 10.6 Å². The minimum atomic E-state index is -4.30. The highest BCUT2D eigenvalue weighted by Crippen LogP contribution is 2.31. The zero-order chi connectivity index (χ0) is 38.1. The molecule has 54 heavy (non-hydrogen) atoms. The number of rotatable bonds is 14. The van der Waals surface area contributed by atoms with Crippen LogP contribution in [0.25, 0.3) is 0 Å². The summed E-state index contributed by atoms with van der Waals surface area (Å²) in [5.74, 6) is 0.180. The predicted molar refractivity (Wildman–Crippen MR) is 215 cm³/mol. The molecule has 8 nitrogen and oxygen atoms in total. The summed E-state index contributed by atoms with van der Waals surface area (Å²) in [6, 6.07) is 35.7. The van der Waals surface area contributed by atoms with Gasteiger partial charge in [-0.2, -0.15) is 0 Å². The molecule has 5 aromatic rings. The van der Waals surface area contributed by atoms with Crippen molar-refractivity contribution in [3.8, 4) is 11.5 Å². The molecule has 1 saturated carbocycles. The number of benzene rings is 5. The third-order valence-corrected chi connectivity index (χ3v) is 12.1. The van der Waals surface area contributed by atoms with E-state index in [0.29, 0.717) is 27.1 Å². The van der Waals surface area contributed by atoms with E-state index in [2.05, 4.69) is 5.32 Å². The van der Waals surface area contributed by atoms with Gasteiger partial charge in [0.25, 0.3) is 10.0 Å². The Morgan fingerprint density at radius 2 is 1.35 bits per heavy atom. The molecule has 1 N–H and O–H groups in total. The number of sulfonamides is 1. The Hall–Kier alpha value is -4.83. The topological polar surface area (TPSA) is 96.0 Å². The van der Waals surface area contributed by atoms with Crippen LogP contribution in [0.3, 0.4) is 0 Å². The second kappa shape index (κ2) is 18.0. The van der Waals surface area contributed by atoms with Gasteiger partial charge < -0.3 is 15.0 Å². The zero-order valence-corrected chi connectivity index (χ0v) is 32.4. The third kappa shape index (κ3) is 9.82. The van der Waals surface area contributed by atoms with Crippen LogP contribution in [-0.2, 0) is 32.6 Å². The summed E-state index contributed by atoms with van der Waals surface area (Å²) < 4.78 is 36.1. The number of hydrogen-bond acceptors (Lipinski definition) is 5. The quantitative estimate of drug-likeness (QED) is 0.121.